The third-order valence-electron chi connectivity index (χ3n) is 5.92. The maximum atomic E-state index is 13.9. The fraction of sp³-hybridized carbons (Fsp3) is 0.250. The number of anilines is 2. The predicted octanol–water partition coefficient (Wildman–Crippen LogP) is 3.90. The molecule has 0 bridgehead atoms. The molecule has 0 fully saturated rings. The van der Waals surface area contributed by atoms with Crippen molar-refractivity contribution >= 4 is 23.3 Å². The number of nitrogens with one attached hydrogen (secondary N) is 3. The molecule has 0 aliphatic carbocycles. The van der Waals surface area contributed by atoms with Gasteiger partial charge in [0.05, 0.1) is 36.9 Å². The lowest BCUT2D eigenvalue weighted by molar-refractivity contribution is -0.173. The van der Waals surface area contributed by atoms with Crippen LogP contribution >= 0.6 is 0 Å². The summed E-state index contributed by atoms with van der Waals surface area (Å²) in [6, 6.07) is 9.62. The number of hydrogen-bond donors (Lipinski definition) is 3. The first-order valence-corrected chi connectivity index (χ1v) is 11.4. The molecule has 0 spiro atoms. The molecule has 3 aromatic heterocycles. The number of hydrogen-bond acceptors (Lipinski definition) is 6. The zero-order valence-electron chi connectivity index (χ0n) is 19.3. The summed E-state index contributed by atoms with van der Waals surface area (Å²) in [7, 11) is 0. The second kappa shape index (κ2) is 9.84. The van der Waals surface area contributed by atoms with Gasteiger partial charge < -0.3 is 20.4 Å². The summed E-state index contributed by atoms with van der Waals surface area (Å²) in [4.78, 5) is 25.1. The minimum Gasteiger partial charge on any atom is -0.467 e. The summed E-state index contributed by atoms with van der Waals surface area (Å²) < 4.78 is 48.9. The first-order chi connectivity index (χ1) is 17.8. The number of aromatic nitrogens is 4. The molecule has 2 atom stereocenters. The highest BCUT2D eigenvalue weighted by Crippen LogP contribution is 2.44. The molecule has 0 saturated heterocycles. The number of benzene rings is 1. The van der Waals surface area contributed by atoms with Gasteiger partial charge in [-0.05, 0) is 17.7 Å². The van der Waals surface area contributed by atoms with Crippen LogP contribution in [0.25, 0.3) is 0 Å². The maximum absolute atomic E-state index is 13.9. The second-order valence-corrected chi connectivity index (χ2v) is 8.49. The van der Waals surface area contributed by atoms with Crippen LogP contribution in [-0.4, -0.2) is 37.6 Å². The van der Waals surface area contributed by atoms with Crippen molar-refractivity contribution in [2.24, 2.45) is 0 Å². The Morgan fingerprint density at radius 1 is 1.11 bits per heavy atom. The third kappa shape index (κ3) is 5.34. The number of nitrogens with zero attached hydrogens (tertiary/aromatic N) is 4. The molecule has 13 heteroatoms. The molecule has 37 heavy (non-hydrogen) atoms. The molecule has 2 unspecified atom stereocenters. The van der Waals surface area contributed by atoms with Crippen molar-refractivity contribution in [3.05, 3.63) is 84.2 Å². The molecular formula is C24H22F3N7O3. The lowest BCUT2D eigenvalue weighted by atomic mass is 9.96. The molecule has 1 aromatic carbocycles. The lowest BCUT2D eigenvalue weighted by Gasteiger charge is -2.34. The van der Waals surface area contributed by atoms with Crippen molar-refractivity contribution in [2.45, 2.75) is 37.8 Å². The van der Waals surface area contributed by atoms with E-state index in [1.54, 1.807) is 42.5 Å². The van der Waals surface area contributed by atoms with E-state index in [1.165, 1.54) is 23.3 Å². The Hall–Kier alpha value is -4.55. The molecule has 1 aliphatic rings. The fourth-order valence-electron chi connectivity index (χ4n) is 4.15. The molecule has 4 aromatic rings. The summed E-state index contributed by atoms with van der Waals surface area (Å²) in [6.07, 6.45) is 0.574. The van der Waals surface area contributed by atoms with Gasteiger partial charge in [-0.1, -0.05) is 30.3 Å². The quantitative estimate of drug-likeness (QED) is 0.345. The first-order valence-electron chi connectivity index (χ1n) is 11.4. The van der Waals surface area contributed by atoms with Crippen molar-refractivity contribution in [2.75, 3.05) is 10.6 Å². The number of rotatable bonds is 7. The topological polar surface area (TPSA) is 119 Å². The van der Waals surface area contributed by atoms with Crippen LogP contribution in [0.3, 0.4) is 0 Å². The Morgan fingerprint density at radius 2 is 1.92 bits per heavy atom. The highest BCUT2D eigenvalue weighted by molar-refractivity contribution is 6.07. The van der Waals surface area contributed by atoms with Crippen molar-refractivity contribution in [1.82, 2.24) is 24.9 Å². The first kappa shape index (κ1) is 24.2. The lowest BCUT2D eigenvalue weighted by Crippen LogP contribution is -2.36. The van der Waals surface area contributed by atoms with Crippen LogP contribution in [0.4, 0.5) is 24.7 Å². The van der Waals surface area contributed by atoms with Gasteiger partial charge in [-0.3, -0.25) is 14.3 Å². The molecule has 1 aliphatic heterocycles. The SMILES string of the molecule is O=C(Cn1cc(NC(=O)c2cnn3c2NC(c2ccccc2)CC3C(F)(F)F)cn1)NCc1ccco1. The highest BCUT2D eigenvalue weighted by Gasteiger charge is 2.47. The number of alkyl halides is 3. The molecule has 4 heterocycles. The number of amides is 2. The van der Waals surface area contributed by atoms with Gasteiger partial charge in [0.1, 0.15) is 23.7 Å². The number of carbonyl (C=O) groups excluding carboxylic acids is 2. The number of furan rings is 1. The molecule has 3 N–H and O–H groups in total. The smallest absolute Gasteiger partial charge is 0.410 e. The zero-order chi connectivity index (χ0) is 26.0. The van der Waals surface area contributed by atoms with Crippen LogP contribution in [0.5, 0.6) is 0 Å². The predicted molar refractivity (Wildman–Crippen MR) is 125 cm³/mol. The van der Waals surface area contributed by atoms with E-state index in [-0.39, 0.29) is 42.5 Å². The summed E-state index contributed by atoms with van der Waals surface area (Å²) in [6.45, 7) is 0.118. The van der Waals surface area contributed by atoms with Gasteiger partial charge in [0.15, 0.2) is 6.04 Å². The molecule has 10 nitrogen and oxygen atoms in total. The van der Waals surface area contributed by atoms with Gasteiger partial charge in [-0.25, -0.2) is 4.68 Å². The van der Waals surface area contributed by atoms with Gasteiger partial charge >= 0.3 is 6.18 Å². The third-order valence-corrected chi connectivity index (χ3v) is 5.92. The standard InChI is InChI=1S/C24H22F3N7O3/c25-24(26,27)20-9-19(15-5-2-1-3-6-15)32-22-18(12-30-34(20)22)23(36)31-16-10-29-33(13-16)14-21(35)28-11-17-7-4-8-37-17/h1-8,10,12-13,19-20,32H,9,11,14H2,(H,28,35)(H,31,36). The summed E-state index contributed by atoms with van der Waals surface area (Å²) in [5.74, 6) is -0.408. The summed E-state index contributed by atoms with van der Waals surface area (Å²) in [5.41, 5.74) is 0.896. The van der Waals surface area contributed by atoms with Crippen LogP contribution in [0.1, 0.15) is 40.2 Å². The van der Waals surface area contributed by atoms with Gasteiger partial charge in [0.2, 0.25) is 5.91 Å². The summed E-state index contributed by atoms with van der Waals surface area (Å²) in [5, 5.41) is 16.3. The van der Waals surface area contributed by atoms with Crippen molar-refractivity contribution < 1.29 is 27.2 Å². The van der Waals surface area contributed by atoms with E-state index in [4.69, 9.17) is 4.42 Å². The normalized spacial score (nSPS) is 17.1. The number of halogens is 3. The van der Waals surface area contributed by atoms with E-state index in [9.17, 15) is 22.8 Å². The number of fused-ring (bicyclic) bond motifs is 1. The average molecular weight is 513 g/mol. The molecule has 2 amide bonds. The van der Waals surface area contributed by atoms with Crippen LogP contribution in [-0.2, 0) is 17.9 Å². The Kier molecular flexibility index (Phi) is 6.42. The van der Waals surface area contributed by atoms with Gasteiger partial charge in [0, 0.05) is 12.6 Å². The van der Waals surface area contributed by atoms with E-state index in [2.05, 4.69) is 26.1 Å². The minimum absolute atomic E-state index is 0.0235. The van der Waals surface area contributed by atoms with Crippen LogP contribution in [0.2, 0.25) is 0 Å². The molecular weight excluding hydrogens is 491 g/mol. The zero-order valence-corrected chi connectivity index (χ0v) is 19.3. The van der Waals surface area contributed by atoms with Crippen molar-refractivity contribution in [1.29, 1.82) is 0 Å². The largest absolute Gasteiger partial charge is 0.467 e. The second-order valence-electron chi connectivity index (χ2n) is 8.49. The van der Waals surface area contributed by atoms with E-state index < -0.39 is 24.2 Å². The van der Waals surface area contributed by atoms with Gasteiger partial charge in [-0.15, -0.1) is 0 Å². The van der Waals surface area contributed by atoms with Crippen molar-refractivity contribution in [3.63, 3.8) is 0 Å². The molecule has 0 radical (unpaired) electrons. The Morgan fingerprint density at radius 3 is 2.65 bits per heavy atom. The maximum Gasteiger partial charge on any atom is 0.410 e. The minimum atomic E-state index is -4.55. The van der Waals surface area contributed by atoms with Crippen LogP contribution in [0, 0.1) is 0 Å². The monoisotopic (exact) mass is 513 g/mol. The molecule has 5 rings (SSSR count). The fourth-order valence-corrected chi connectivity index (χ4v) is 4.15. The van der Waals surface area contributed by atoms with E-state index in [0.29, 0.717) is 11.3 Å². The van der Waals surface area contributed by atoms with E-state index in [1.807, 2.05) is 0 Å². The van der Waals surface area contributed by atoms with E-state index >= 15 is 0 Å². The van der Waals surface area contributed by atoms with E-state index in [0.717, 1.165) is 10.9 Å². The Labute approximate surface area is 208 Å². The van der Waals surface area contributed by atoms with Crippen LogP contribution in [0.15, 0.2) is 71.7 Å². The van der Waals surface area contributed by atoms with Gasteiger partial charge in [-0.2, -0.15) is 23.4 Å². The Bertz CT molecular complexity index is 1380. The average Bonchev–Trinajstić information content (AvgIpc) is 3.63. The summed E-state index contributed by atoms with van der Waals surface area (Å²) >= 11 is 0. The molecule has 192 valence electrons. The number of carbonyl (C=O) groups is 2. The Balaban J connectivity index is 1.29. The highest BCUT2D eigenvalue weighted by atomic mass is 19.4. The van der Waals surface area contributed by atoms with Crippen molar-refractivity contribution in [3.8, 4) is 0 Å². The van der Waals surface area contributed by atoms with Crippen LogP contribution < -0.4 is 16.0 Å². The van der Waals surface area contributed by atoms with Gasteiger partial charge in [0.25, 0.3) is 5.91 Å². The molecule has 0 saturated carbocycles.